The lowest BCUT2D eigenvalue weighted by atomic mass is 10.1. The van der Waals surface area contributed by atoms with Crippen molar-refractivity contribution in [1.29, 1.82) is 0 Å². The number of pyridine rings is 1. The number of rotatable bonds is 2. The van der Waals surface area contributed by atoms with Gasteiger partial charge in [0, 0.05) is 30.4 Å². The van der Waals surface area contributed by atoms with Crippen molar-refractivity contribution in [2.75, 3.05) is 18.0 Å². The Bertz CT molecular complexity index is 739. The number of fused-ring (bicyclic) bond motifs is 1. The molecule has 2 heterocycles. The van der Waals surface area contributed by atoms with Gasteiger partial charge in [-0.25, -0.2) is 9.18 Å². The van der Waals surface area contributed by atoms with Crippen LogP contribution in [0.2, 0.25) is 0 Å². The summed E-state index contributed by atoms with van der Waals surface area (Å²) in [5, 5.41) is 0.738. The zero-order valence-corrected chi connectivity index (χ0v) is 13.7. The number of carbonyl (C=O) groups excluding carboxylic acids is 1. The van der Waals surface area contributed by atoms with Crippen LogP contribution < -0.4 is 4.90 Å². The predicted molar refractivity (Wildman–Crippen MR) is 88.6 cm³/mol. The topological polar surface area (TPSA) is 42.4 Å². The second-order valence-electron chi connectivity index (χ2n) is 6.89. The largest absolute Gasteiger partial charge is 0.456 e. The summed E-state index contributed by atoms with van der Waals surface area (Å²) in [6.45, 7) is 6.60. The number of esters is 1. The van der Waals surface area contributed by atoms with E-state index in [1.807, 2.05) is 43.9 Å². The van der Waals surface area contributed by atoms with Gasteiger partial charge in [-0.15, -0.1) is 0 Å². The zero-order chi connectivity index (χ0) is 16.6. The first-order valence-electron chi connectivity index (χ1n) is 7.84. The average Bonchev–Trinajstić information content (AvgIpc) is 2.91. The van der Waals surface area contributed by atoms with Crippen molar-refractivity contribution in [3.05, 3.63) is 36.0 Å². The third kappa shape index (κ3) is 3.44. The summed E-state index contributed by atoms with van der Waals surface area (Å²) in [6.07, 6.45) is 1.36. The minimum Gasteiger partial charge on any atom is -0.456 e. The second-order valence-corrected chi connectivity index (χ2v) is 6.89. The van der Waals surface area contributed by atoms with Gasteiger partial charge in [0.1, 0.15) is 11.8 Å². The van der Waals surface area contributed by atoms with E-state index in [4.69, 9.17) is 4.74 Å². The molecule has 1 aromatic carbocycles. The number of ether oxygens (including phenoxy) is 1. The first-order chi connectivity index (χ1) is 10.8. The summed E-state index contributed by atoms with van der Waals surface area (Å²) in [7, 11) is 0. The number of anilines is 1. The fraction of sp³-hybridized carbons (Fsp3) is 0.444. The molecule has 0 N–H and O–H groups in total. The summed E-state index contributed by atoms with van der Waals surface area (Å²) < 4.78 is 18.9. The quantitative estimate of drug-likeness (QED) is 0.792. The molecule has 0 saturated carbocycles. The number of halogens is 1. The minimum absolute atomic E-state index is 0.369. The molecule has 5 heteroatoms. The highest BCUT2D eigenvalue weighted by Gasteiger charge is 2.23. The molecule has 4 nitrogen and oxygen atoms in total. The SMILES string of the molecule is CC(C)(C)OC(=O)c1ccnc2ccc(N3CCC(F)C3)cc12. The van der Waals surface area contributed by atoms with Crippen LogP contribution in [-0.2, 0) is 4.74 Å². The van der Waals surface area contributed by atoms with E-state index in [9.17, 15) is 9.18 Å². The molecule has 0 amide bonds. The molecule has 1 atom stereocenters. The molecule has 0 bridgehead atoms. The van der Waals surface area contributed by atoms with Gasteiger partial charge in [-0.1, -0.05) is 0 Å². The van der Waals surface area contributed by atoms with E-state index in [0.29, 0.717) is 25.1 Å². The average molecular weight is 316 g/mol. The molecule has 3 rings (SSSR count). The van der Waals surface area contributed by atoms with E-state index in [2.05, 4.69) is 4.98 Å². The van der Waals surface area contributed by atoms with Gasteiger partial charge >= 0.3 is 5.97 Å². The smallest absolute Gasteiger partial charge is 0.339 e. The first-order valence-corrected chi connectivity index (χ1v) is 7.84. The Labute approximate surface area is 135 Å². The monoisotopic (exact) mass is 316 g/mol. The molecular weight excluding hydrogens is 295 g/mol. The van der Waals surface area contributed by atoms with E-state index < -0.39 is 11.8 Å². The maximum absolute atomic E-state index is 13.4. The highest BCUT2D eigenvalue weighted by atomic mass is 19.1. The minimum atomic E-state index is -0.787. The van der Waals surface area contributed by atoms with E-state index in [0.717, 1.165) is 16.6 Å². The van der Waals surface area contributed by atoms with Crippen LogP contribution in [0.5, 0.6) is 0 Å². The third-order valence-corrected chi connectivity index (χ3v) is 3.84. The van der Waals surface area contributed by atoms with E-state index >= 15 is 0 Å². The molecule has 1 aromatic heterocycles. The van der Waals surface area contributed by atoms with Crippen LogP contribution in [0.25, 0.3) is 10.9 Å². The summed E-state index contributed by atoms with van der Waals surface area (Å²) in [6, 6.07) is 7.36. The highest BCUT2D eigenvalue weighted by molar-refractivity contribution is 6.04. The molecule has 2 aromatic rings. The van der Waals surface area contributed by atoms with Crippen molar-refractivity contribution in [3.8, 4) is 0 Å². The van der Waals surface area contributed by atoms with Gasteiger partial charge in [0.2, 0.25) is 0 Å². The van der Waals surface area contributed by atoms with Gasteiger partial charge in [-0.05, 0) is 51.5 Å². The standard InChI is InChI=1S/C18H21FN2O2/c1-18(2,3)23-17(22)14-6-8-20-16-5-4-13(10-15(14)16)21-9-7-12(19)11-21/h4-6,8,10,12H,7,9,11H2,1-3H3. The Kier molecular flexibility index (Phi) is 3.96. The van der Waals surface area contributed by atoms with E-state index in [1.165, 1.54) is 0 Å². The molecule has 0 spiro atoms. The normalized spacial score (nSPS) is 18.4. The molecular formula is C18H21FN2O2. The van der Waals surface area contributed by atoms with Crippen molar-refractivity contribution in [2.45, 2.75) is 39.0 Å². The molecule has 23 heavy (non-hydrogen) atoms. The van der Waals surface area contributed by atoms with Crippen LogP contribution in [-0.4, -0.2) is 35.8 Å². The summed E-state index contributed by atoms with van der Waals surface area (Å²) in [4.78, 5) is 18.7. The highest BCUT2D eigenvalue weighted by Crippen LogP contribution is 2.28. The molecule has 0 radical (unpaired) electrons. The number of aromatic nitrogens is 1. The Morgan fingerprint density at radius 3 is 2.78 bits per heavy atom. The Morgan fingerprint density at radius 2 is 2.13 bits per heavy atom. The predicted octanol–water partition coefficient (Wildman–Crippen LogP) is 3.74. The van der Waals surface area contributed by atoms with Crippen molar-refractivity contribution in [3.63, 3.8) is 0 Å². The van der Waals surface area contributed by atoms with Gasteiger partial charge in [0.05, 0.1) is 11.1 Å². The number of benzene rings is 1. The van der Waals surface area contributed by atoms with Gasteiger partial charge < -0.3 is 9.64 Å². The summed E-state index contributed by atoms with van der Waals surface area (Å²) >= 11 is 0. The number of carbonyl (C=O) groups is 1. The van der Waals surface area contributed by atoms with Gasteiger partial charge in [0.25, 0.3) is 0 Å². The first kappa shape index (κ1) is 15.7. The molecule has 1 fully saturated rings. The van der Waals surface area contributed by atoms with Crippen molar-refractivity contribution >= 4 is 22.6 Å². The van der Waals surface area contributed by atoms with Crippen LogP contribution in [0.1, 0.15) is 37.6 Å². The second kappa shape index (κ2) is 5.80. The fourth-order valence-corrected chi connectivity index (χ4v) is 2.79. The lowest BCUT2D eigenvalue weighted by molar-refractivity contribution is 0.00718. The number of hydrogen-bond donors (Lipinski definition) is 0. The van der Waals surface area contributed by atoms with Gasteiger partial charge in [-0.2, -0.15) is 0 Å². The number of nitrogens with zero attached hydrogens (tertiary/aromatic N) is 2. The Morgan fingerprint density at radius 1 is 1.35 bits per heavy atom. The van der Waals surface area contributed by atoms with E-state index in [-0.39, 0.29) is 5.97 Å². The number of alkyl halides is 1. The zero-order valence-electron chi connectivity index (χ0n) is 13.7. The van der Waals surface area contributed by atoms with Crippen molar-refractivity contribution < 1.29 is 13.9 Å². The van der Waals surface area contributed by atoms with Gasteiger partial charge in [-0.3, -0.25) is 4.98 Å². The van der Waals surface area contributed by atoms with Crippen molar-refractivity contribution in [2.24, 2.45) is 0 Å². The van der Waals surface area contributed by atoms with Crippen LogP contribution in [0, 0.1) is 0 Å². The lowest BCUT2D eigenvalue weighted by Crippen LogP contribution is -2.24. The van der Waals surface area contributed by atoms with Gasteiger partial charge in [0.15, 0.2) is 0 Å². The summed E-state index contributed by atoms with van der Waals surface area (Å²) in [5.74, 6) is -0.369. The fourth-order valence-electron chi connectivity index (χ4n) is 2.79. The van der Waals surface area contributed by atoms with Crippen LogP contribution >= 0.6 is 0 Å². The third-order valence-electron chi connectivity index (χ3n) is 3.84. The molecule has 1 aliphatic rings. The molecule has 1 unspecified atom stereocenters. The van der Waals surface area contributed by atoms with Crippen molar-refractivity contribution in [1.82, 2.24) is 4.98 Å². The maximum Gasteiger partial charge on any atom is 0.339 e. The Balaban J connectivity index is 2.00. The molecule has 1 saturated heterocycles. The van der Waals surface area contributed by atoms with Crippen LogP contribution in [0.15, 0.2) is 30.5 Å². The molecule has 1 aliphatic heterocycles. The van der Waals surface area contributed by atoms with E-state index in [1.54, 1.807) is 12.3 Å². The Hall–Kier alpha value is -2.17. The van der Waals surface area contributed by atoms with Crippen LogP contribution in [0.4, 0.5) is 10.1 Å². The van der Waals surface area contributed by atoms with Crippen LogP contribution in [0.3, 0.4) is 0 Å². The molecule has 122 valence electrons. The lowest BCUT2D eigenvalue weighted by Gasteiger charge is -2.21. The maximum atomic E-state index is 13.4. The summed E-state index contributed by atoms with van der Waals surface area (Å²) in [5.41, 5.74) is 1.58. The number of hydrogen-bond acceptors (Lipinski definition) is 4. The molecule has 0 aliphatic carbocycles.